The van der Waals surface area contributed by atoms with Gasteiger partial charge in [-0.2, -0.15) is 0 Å². The fourth-order valence-corrected chi connectivity index (χ4v) is 2.23. The van der Waals surface area contributed by atoms with Crippen LogP contribution in [0.3, 0.4) is 0 Å². The van der Waals surface area contributed by atoms with Gasteiger partial charge < -0.3 is 20.4 Å². The van der Waals surface area contributed by atoms with Crippen molar-refractivity contribution in [1.29, 1.82) is 0 Å². The van der Waals surface area contributed by atoms with Crippen molar-refractivity contribution in [2.45, 2.75) is 6.42 Å². The molecule has 18 heavy (non-hydrogen) atoms. The van der Waals surface area contributed by atoms with Crippen LogP contribution in [0.2, 0.25) is 0 Å². The number of carboxylic acids is 4. The molecule has 0 saturated heterocycles. The first-order valence-corrected chi connectivity index (χ1v) is 4.68. The fourth-order valence-electron chi connectivity index (χ4n) is 2.23. The van der Waals surface area contributed by atoms with Gasteiger partial charge in [0.1, 0.15) is 0 Å². The van der Waals surface area contributed by atoms with E-state index in [-0.39, 0.29) is 21.1 Å². The Bertz CT molecular complexity index is 356. The van der Waals surface area contributed by atoms with E-state index in [9.17, 15) is 19.2 Å². The minimum Gasteiger partial charge on any atom is -0.481 e. The van der Waals surface area contributed by atoms with Crippen molar-refractivity contribution in [1.82, 2.24) is 0 Å². The van der Waals surface area contributed by atoms with Crippen LogP contribution in [0.15, 0.2) is 0 Å². The van der Waals surface area contributed by atoms with E-state index in [4.69, 9.17) is 20.4 Å². The smallest absolute Gasteiger partial charge is 0.308 e. The molecule has 0 aromatic heterocycles. The minimum absolute atomic E-state index is 0. The zero-order valence-electron chi connectivity index (χ0n) is 8.75. The van der Waals surface area contributed by atoms with Crippen molar-refractivity contribution in [2.24, 2.45) is 23.7 Å². The molecule has 0 aromatic carbocycles. The molecule has 4 N–H and O–H groups in total. The Morgan fingerprint density at radius 2 is 0.944 bits per heavy atom. The zero-order valence-corrected chi connectivity index (χ0v) is 11.0. The first-order chi connectivity index (χ1) is 7.77. The molecule has 0 amide bonds. The van der Waals surface area contributed by atoms with E-state index in [1.807, 2.05) is 0 Å². The van der Waals surface area contributed by atoms with Gasteiger partial charge >= 0.3 is 23.9 Å². The number of rotatable bonds is 4. The predicted octanol–water partition coefficient (Wildman–Crippen LogP) is -0.809. The predicted molar refractivity (Wildman–Crippen MR) is 49.1 cm³/mol. The second-order valence-corrected chi connectivity index (χ2v) is 3.85. The molecule has 4 unspecified atom stereocenters. The Hall–Kier alpha value is -1.43. The minimum atomic E-state index is -1.72. The van der Waals surface area contributed by atoms with Crippen molar-refractivity contribution < 1.29 is 60.7 Å². The van der Waals surface area contributed by atoms with Crippen molar-refractivity contribution in [3.63, 3.8) is 0 Å². The van der Waals surface area contributed by atoms with E-state index in [0.717, 1.165) is 0 Å². The molecule has 0 spiro atoms. The van der Waals surface area contributed by atoms with E-state index >= 15 is 0 Å². The Morgan fingerprint density at radius 3 is 1.11 bits per heavy atom. The van der Waals surface area contributed by atoms with Crippen LogP contribution in [0.4, 0.5) is 0 Å². The van der Waals surface area contributed by atoms with E-state index in [0.29, 0.717) is 0 Å². The van der Waals surface area contributed by atoms with Gasteiger partial charge in [0, 0.05) is 21.1 Å². The van der Waals surface area contributed by atoms with Crippen LogP contribution in [0.1, 0.15) is 6.42 Å². The second-order valence-electron chi connectivity index (χ2n) is 3.85. The molecular formula is C9H10O8Pt. The molecule has 1 aliphatic carbocycles. The van der Waals surface area contributed by atoms with Crippen LogP contribution in [-0.4, -0.2) is 44.3 Å². The third-order valence-electron chi connectivity index (χ3n) is 2.97. The quantitative estimate of drug-likeness (QED) is 0.443. The average Bonchev–Trinajstić information content (AvgIpc) is 2.56. The first kappa shape index (κ1) is 16.6. The van der Waals surface area contributed by atoms with Gasteiger partial charge in [0.15, 0.2) is 0 Å². The molecule has 104 valence electrons. The second kappa shape index (κ2) is 5.95. The monoisotopic (exact) mass is 441 g/mol. The summed E-state index contributed by atoms with van der Waals surface area (Å²) in [7, 11) is 0. The molecule has 9 heteroatoms. The summed E-state index contributed by atoms with van der Waals surface area (Å²) in [5, 5.41) is 35.2. The molecule has 1 saturated carbocycles. The van der Waals surface area contributed by atoms with Crippen LogP contribution in [0.25, 0.3) is 0 Å². The molecule has 1 fully saturated rings. The molecule has 0 heterocycles. The molecule has 4 atom stereocenters. The van der Waals surface area contributed by atoms with E-state index < -0.39 is 54.0 Å². The van der Waals surface area contributed by atoms with Crippen molar-refractivity contribution >= 4 is 23.9 Å². The SMILES string of the molecule is O=C(O)C1CC(C(=O)O)C(C(=O)O)C1C(=O)O.[Pt]. The third-order valence-corrected chi connectivity index (χ3v) is 2.97. The van der Waals surface area contributed by atoms with Crippen molar-refractivity contribution in [3.05, 3.63) is 0 Å². The van der Waals surface area contributed by atoms with Crippen LogP contribution >= 0.6 is 0 Å². The summed E-state index contributed by atoms with van der Waals surface area (Å²) in [5.74, 6) is -12.6. The van der Waals surface area contributed by atoms with Crippen LogP contribution in [0, 0.1) is 23.7 Å². The Labute approximate surface area is 115 Å². The summed E-state index contributed by atoms with van der Waals surface area (Å²) in [6, 6.07) is 0. The number of aliphatic carboxylic acids is 4. The Kier molecular flexibility index (Phi) is 5.48. The molecular weight excluding hydrogens is 431 g/mol. The number of hydrogen-bond donors (Lipinski definition) is 4. The van der Waals surface area contributed by atoms with Crippen LogP contribution < -0.4 is 0 Å². The summed E-state index contributed by atoms with van der Waals surface area (Å²) < 4.78 is 0. The summed E-state index contributed by atoms with van der Waals surface area (Å²) in [5.41, 5.74) is 0. The summed E-state index contributed by atoms with van der Waals surface area (Å²) in [6.07, 6.45) is -0.487. The molecule has 8 nitrogen and oxygen atoms in total. The fraction of sp³-hybridized carbons (Fsp3) is 0.556. The van der Waals surface area contributed by atoms with E-state index in [2.05, 4.69) is 0 Å². The summed E-state index contributed by atoms with van der Waals surface area (Å²) >= 11 is 0. The molecule has 1 aliphatic rings. The molecule has 0 aromatic rings. The number of carbonyl (C=O) groups is 4. The standard InChI is InChI=1S/C9H10O8.Pt/c10-6(11)2-1-3(7(12)13)5(9(16)17)4(2)8(14)15;/h2-5H,1H2,(H,10,11)(H,12,13)(H,14,15)(H,16,17);. The maximum absolute atomic E-state index is 10.9. The van der Waals surface area contributed by atoms with Gasteiger partial charge in [-0.05, 0) is 6.42 Å². The van der Waals surface area contributed by atoms with Gasteiger partial charge in [0.25, 0.3) is 0 Å². The Morgan fingerprint density at radius 1 is 0.667 bits per heavy atom. The number of carboxylic acid groups (broad SMARTS) is 4. The van der Waals surface area contributed by atoms with E-state index in [1.54, 1.807) is 0 Å². The van der Waals surface area contributed by atoms with Crippen molar-refractivity contribution in [3.8, 4) is 0 Å². The average molecular weight is 441 g/mol. The van der Waals surface area contributed by atoms with Gasteiger partial charge in [-0.1, -0.05) is 0 Å². The molecule has 1 rings (SSSR count). The normalized spacial score (nSPS) is 30.2. The summed E-state index contributed by atoms with van der Waals surface area (Å²) in [4.78, 5) is 43.4. The Balaban J connectivity index is 0.00000289. The van der Waals surface area contributed by atoms with Gasteiger partial charge in [-0.3, -0.25) is 19.2 Å². The first-order valence-electron chi connectivity index (χ1n) is 4.68. The van der Waals surface area contributed by atoms with Crippen LogP contribution in [-0.2, 0) is 40.2 Å². The van der Waals surface area contributed by atoms with Crippen LogP contribution in [0.5, 0.6) is 0 Å². The van der Waals surface area contributed by atoms with Gasteiger partial charge in [-0.25, -0.2) is 0 Å². The van der Waals surface area contributed by atoms with Gasteiger partial charge in [0.2, 0.25) is 0 Å². The maximum atomic E-state index is 10.9. The zero-order chi connectivity index (χ0) is 13.3. The number of hydrogen-bond acceptors (Lipinski definition) is 4. The van der Waals surface area contributed by atoms with Gasteiger partial charge in [-0.15, -0.1) is 0 Å². The largest absolute Gasteiger partial charge is 0.481 e. The van der Waals surface area contributed by atoms with E-state index in [1.165, 1.54) is 0 Å². The van der Waals surface area contributed by atoms with Crippen molar-refractivity contribution in [2.75, 3.05) is 0 Å². The molecule has 0 radical (unpaired) electrons. The van der Waals surface area contributed by atoms with Gasteiger partial charge in [0.05, 0.1) is 23.7 Å². The molecule has 0 bridgehead atoms. The molecule has 0 aliphatic heterocycles. The topological polar surface area (TPSA) is 149 Å². The summed E-state index contributed by atoms with van der Waals surface area (Å²) in [6.45, 7) is 0. The third kappa shape index (κ3) is 2.87. The maximum Gasteiger partial charge on any atom is 0.308 e.